The van der Waals surface area contributed by atoms with Gasteiger partial charge in [0.1, 0.15) is 12.4 Å². The molecule has 1 aromatic rings. The Kier molecular flexibility index (Phi) is 5.16. The molecule has 0 spiro atoms. The van der Waals surface area contributed by atoms with Crippen molar-refractivity contribution in [2.75, 3.05) is 18.2 Å². The van der Waals surface area contributed by atoms with Crippen LogP contribution in [0.4, 0.5) is 10.1 Å². The molecule has 1 aliphatic rings. The number of hydrogen-bond donors (Lipinski definition) is 2. The second-order valence-corrected chi connectivity index (χ2v) is 4.79. The average Bonchev–Trinajstić information content (AvgIpc) is 2.78. The molecule has 1 heterocycles. The smallest absolute Gasteiger partial charge is 0.266 e. The first-order valence-electron chi connectivity index (χ1n) is 7.02. The molecule has 2 rings (SSSR count). The SMILES string of the molecule is CCCC1=NN(c2ccc(F)cc2)C(=O)[C@@H]1C=[NH+]CCO. The third-order valence-electron chi connectivity index (χ3n) is 3.18. The minimum Gasteiger partial charge on any atom is -0.390 e. The normalized spacial score (nSPS) is 18.6. The van der Waals surface area contributed by atoms with Crippen LogP contribution in [0.25, 0.3) is 0 Å². The molecule has 21 heavy (non-hydrogen) atoms. The Labute approximate surface area is 122 Å². The molecule has 0 saturated heterocycles. The van der Waals surface area contributed by atoms with Gasteiger partial charge in [-0.1, -0.05) is 13.3 Å². The van der Waals surface area contributed by atoms with Crippen molar-refractivity contribution < 1.29 is 19.3 Å². The molecule has 0 saturated carbocycles. The highest BCUT2D eigenvalue weighted by Gasteiger charge is 2.36. The Hall–Kier alpha value is -2.08. The molecule has 2 N–H and O–H groups in total. The molecule has 1 amide bonds. The van der Waals surface area contributed by atoms with Crippen LogP contribution in [-0.4, -0.2) is 36.1 Å². The molecule has 1 atom stereocenters. The van der Waals surface area contributed by atoms with E-state index in [4.69, 9.17) is 5.11 Å². The zero-order chi connectivity index (χ0) is 15.2. The van der Waals surface area contributed by atoms with E-state index in [-0.39, 0.29) is 18.3 Å². The number of nitrogens with one attached hydrogen (secondary N) is 1. The predicted octanol–water partition coefficient (Wildman–Crippen LogP) is 0.0883. The van der Waals surface area contributed by atoms with Crippen molar-refractivity contribution in [1.82, 2.24) is 0 Å². The van der Waals surface area contributed by atoms with Gasteiger partial charge < -0.3 is 5.11 Å². The second-order valence-electron chi connectivity index (χ2n) is 4.79. The molecule has 5 nitrogen and oxygen atoms in total. The summed E-state index contributed by atoms with van der Waals surface area (Å²) in [6.07, 6.45) is 3.26. The van der Waals surface area contributed by atoms with Crippen LogP contribution in [0.3, 0.4) is 0 Å². The number of carbonyl (C=O) groups is 1. The molecule has 1 aromatic carbocycles. The van der Waals surface area contributed by atoms with Crippen LogP contribution in [-0.2, 0) is 4.79 Å². The van der Waals surface area contributed by atoms with Gasteiger partial charge in [-0.2, -0.15) is 10.1 Å². The highest BCUT2D eigenvalue weighted by atomic mass is 19.1. The number of hydrogen-bond acceptors (Lipinski definition) is 3. The minimum absolute atomic E-state index is 0.000654. The fourth-order valence-electron chi connectivity index (χ4n) is 2.18. The predicted molar refractivity (Wildman–Crippen MR) is 78.7 cm³/mol. The summed E-state index contributed by atoms with van der Waals surface area (Å²) in [6.45, 7) is 2.41. The van der Waals surface area contributed by atoms with Gasteiger partial charge in [-0.25, -0.2) is 9.38 Å². The van der Waals surface area contributed by atoms with Crippen molar-refractivity contribution in [1.29, 1.82) is 0 Å². The van der Waals surface area contributed by atoms with Gasteiger partial charge >= 0.3 is 0 Å². The zero-order valence-corrected chi connectivity index (χ0v) is 11.9. The lowest BCUT2D eigenvalue weighted by Gasteiger charge is -2.11. The van der Waals surface area contributed by atoms with Gasteiger partial charge in [0.05, 0.1) is 11.4 Å². The van der Waals surface area contributed by atoms with Crippen molar-refractivity contribution in [2.24, 2.45) is 11.0 Å². The zero-order valence-electron chi connectivity index (χ0n) is 11.9. The molecule has 0 fully saturated rings. The fourth-order valence-corrected chi connectivity index (χ4v) is 2.18. The second kappa shape index (κ2) is 7.08. The van der Waals surface area contributed by atoms with Gasteiger partial charge in [0.25, 0.3) is 5.91 Å². The molecular formula is C15H19FN3O2+. The molecule has 0 aromatic heterocycles. The van der Waals surface area contributed by atoms with Crippen LogP contribution in [0.2, 0.25) is 0 Å². The first-order valence-corrected chi connectivity index (χ1v) is 7.02. The third kappa shape index (κ3) is 3.52. The lowest BCUT2D eigenvalue weighted by molar-refractivity contribution is -0.456. The van der Waals surface area contributed by atoms with Gasteiger partial charge in [-0.3, -0.25) is 4.79 Å². The summed E-state index contributed by atoms with van der Waals surface area (Å²) < 4.78 is 13.0. The number of carbonyl (C=O) groups excluding carboxylic acids is 1. The Bertz CT molecular complexity index is 555. The van der Waals surface area contributed by atoms with E-state index in [2.05, 4.69) is 10.1 Å². The maximum Gasteiger partial charge on any atom is 0.266 e. The summed E-state index contributed by atoms with van der Waals surface area (Å²) in [5.41, 5.74) is 1.32. The number of anilines is 1. The van der Waals surface area contributed by atoms with Crippen molar-refractivity contribution in [2.45, 2.75) is 19.8 Å². The highest BCUT2D eigenvalue weighted by Crippen LogP contribution is 2.24. The lowest BCUT2D eigenvalue weighted by atomic mass is 10.0. The molecule has 0 unspecified atom stereocenters. The number of aliphatic hydroxyl groups excluding tert-OH is 1. The van der Waals surface area contributed by atoms with Crippen LogP contribution in [0.5, 0.6) is 0 Å². The van der Waals surface area contributed by atoms with Crippen LogP contribution in [0.1, 0.15) is 19.8 Å². The van der Waals surface area contributed by atoms with Crippen molar-refractivity contribution in [3.8, 4) is 0 Å². The monoisotopic (exact) mass is 292 g/mol. The van der Waals surface area contributed by atoms with Crippen LogP contribution in [0, 0.1) is 11.7 Å². The highest BCUT2D eigenvalue weighted by molar-refractivity contribution is 6.23. The molecule has 6 heteroatoms. The molecule has 1 aliphatic heterocycles. The fraction of sp³-hybridized carbons (Fsp3) is 0.400. The summed E-state index contributed by atoms with van der Waals surface area (Å²) in [7, 11) is 0. The maximum atomic E-state index is 13.0. The van der Waals surface area contributed by atoms with E-state index < -0.39 is 5.92 Å². The maximum absolute atomic E-state index is 13.0. The lowest BCUT2D eigenvalue weighted by Crippen LogP contribution is -2.71. The molecular weight excluding hydrogens is 273 g/mol. The summed E-state index contributed by atoms with van der Waals surface area (Å²) in [4.78, 5) is 15.4. The van der Waals surface area contributed by atoms with Crippen molar-refractivity contribution in [3.05, 3.63) is 30.1 Å². The molecule has 112 valence electrons. The van der Waals surface area contributed by atoms with E-state index >= 15 is 0 Å². The van der Waals surface area contributed by atoms with Crippen LogP contribution >= 0.6 is 0 Å². The van der Waals surface area contributed by atoms with Crippen LogP contribution < -0.4 is 10.0 Å². The number of rotatable bonds is 6. The third-order valence-corrected chi connectivity index (χ3v) is 3.18. The summed E-state index contributed by atoms with van der Waals surface area (Å²) >= 11 is 0. The number of halogens is 1. The molecule has 0 radical (unpaired) electrons. The minimum atomic E-state index is -0.443. The van der Waals surface area contributed by atoms with Crippen LogP contribution in [0.15, 0.2) is 29.4 Å². The van der Waals surface area contributed by atoms with Gasteiger partial charge in [-0.15, -0.1) is 0 Å². The van der Waals surface area contributed by atoms with Gasteiger partial charge in [0.15, 0.2) is 18.7 Å². The van der Waals surface area contributed by atoms with E-state index in [9.17, 15) is 9.18 Å². The van der Waals surface area contributed by atoms with Gasteiger partial charge in [0.2, 0.25) is 0 Å². The summed E-state index contributed by atoms with van der Waals surface area (Å²) in [5.74, 6) is -0.965. The first-order chi connectivity index (χ1) is 10.2. The Morgan fingerprint density at radius 3 is 2.76 bits per heavy atom. The number of benzene rings is 1. The number of hydrazone groups is 1. The molecule has 0 bridgehead atoms. The number of nitrogens with zero attached hydrogens (tertiary/aromatic N) is 2. The van der Waals surface area contributed by atoms with E-state index in [0.29, 0.717) is 18.7 Å². The standard InChI is InChI=1S/C15H18FN3O2/c1-2-3-14-13(10-17-8-9-20)15(21)19(18-14)12-6-4-11(16)5-7-12/h4-7,10,13,20H,2-3,8-9H2,1H3/p+1/t13-/m1/s1. The van der Waals surface area contributed by atoms with E-state index in [1.807, 2.05) is 6.92 Å². The Balaban J connectivity index is 2.24. The Morgan fingerprint density at radius 1 is 1.43 bits per heavy atom. The van der Waals surface area contributed by atoms with Gasteiger partial charge in [0, 0.05) is 0 Å². The van der Waals surface area contributed by atoms with Gasteiger partial charge in [-0.05, 0) is 30.7 Å². The van der Waals surface area contributed by atoms with E-state index in [0.717, 1.165) is 12.1 Å². The van der Waals surface area contributed by atoms with Crippen molar-refractivity contribution >= 4 is 23.5 Å². The van der Waals surface area contributed by atoms with Crippen molar-refractivity contribution in [3.63, 3.8) is 0 Å². The topological polar surface area (TPSA) is 66.9 Å². The summed E-state index contributed by atoms with van der Waals surface area (Å²) in [6, 6.07) is 5.67. The first kappa shape index (κ1) is 15.3. The number of amides is 1. The average molecular weight is 292 g/mol. The largest absolute Gasteiger partial charge is 0.390 e. The summed E-state index contributed by atoms with van der Waals surface area (Å²) in [5, 5.41) is 14.5. The Morgan fingerprint density at radius 2 is 2.14 bits per heavy atom. The quantitative estimate of drug-likeness (QED) is 0.730. The van der Waals surface area contributed by atoms with E-state index in [1.54, 1.807) is 6.21 Å². The molecule has 0 aliphatic carbocycles. The number of aliphatic hydroxyl groups is 1. The van der Waals surface area contributed by atoms with E-state index in [1.165, 1.54) is 29.3 Å².